The Bertz CT molecular complexity index is 755. The van der Waals surface area contributed by atoms with Gasteiger partial charge in [0.15, 0.2) is 0 Å². The number of benzene rings is 1. The zero-order valence-corrected chi connectivity index (χ0v) is 13.4. The molecule has 0 aliphatic carbocycles. The van der Waals surface area contributed by atoms with E-state index in [0.29, 0.717) is 50.2 Å². The van der Waals surface area contributed by atoms with E-state index in [1.54, 1.807) is 10.9 Å². The number of hydrogen-bond acceptors (Lipinski definition) is 4. The quantitative estimate of drug-likeness (QED) is 0.910. The average Bonchev–Trinajstić information content (AvgIpc) is 3.02. The molecular weight excluding hydrogens is 304 g/mol. The van der Waals surface area contributed by atoms with Gasteiger partial charge in [-0.25, -0.2) is 0 Å². The molecule has 2 aromatic rings. The summed E-state index contributed by atoms with van der Waals surface area (Å²) in [7, 11) is 0. The number of rotatable bonds is 5. The molecule has 124 valence electrons. The minimum Gasteiger partial charge on any atom is -0.381 e. The van der Waals surface area contributed by atoms with Crippen LogP contribution in [0.3, 0.4) is 0 Å². The van der Waals surface area contributed by atoms with Gasteiger partial charge in [0.05, 0.1) is 29.3 Å². The first-order valence-corrected chi connectivity index (χ1v) is 8.02. The molecule has 1 aliphatic rings. The Kier molecular flexibility index (Phi) is 4.63. The fraction of sp³-hybridized carbons (Fsp3) is 0.389. The van der Waals surface area contributed by atoms with E-state index in [0.717, 1.165) is 5.56 Å². The minimum absolute atomic E-state index is 0.334. The van der Waals surface area contributed by atoms with E-state index in [1.807, 2.05) is 30.3 Å². The number of primary amides is 1. The van der Waals surface area contributed by atoms with Gasteiger partial charge in [-0.15, -0.1) is 0 Å². The van der Waals surface area contributed by atoms with Crippen LogP contribution in [0.15, 0.2) is 36.5 Å². The monoisotopic (exact) mass is 324 g/mol. The first-order chi connectivity index (χ1) is 11.6. The first kappa shape index (κ1) is 16.2. The van der Waals surface area contributed by atoms with Crippen LogP contribution in [0, 0.1) is 11.3 Å². The summed E-state index contributed by atoms with van der Waals surface area (Å²) < 4.78 is 7.21. The van der Waals surface area contributed by atoms with Crippen molar-refractivity contribution in [3.8, 4) is 6.07 Å². The molecule has 2 heterocycles. The van der Waals surface area contributed by atoms with Gasteiger partial charge in [0, 0.05) is 25.8 Å². The van der Waals surface area contributed by atoms with E-state index in [1.165, 1.54) is 0 Å². The molecular formula is C18H20N4O2. The molecule has 1 amide bonds. The predicted octanol–water partition coefficient (Wildman–Crippen LogP) is 1.99. The summed E-state index contributed by atoms with van der Waals surface area (Å²) in [4.78, 5) is 11.8. The number of ether oxygens (including phenoxy) is 1. The van der Waals surface area contributed by atoms with Crippen molar-refractivity contribution in [2.75, 3.05) is 13.2 Å². The summed E-state index contributed by atoms with van der Waals surface area (Å²) in [5.41, 5.74) is 7.25. The molecule has 1 saturated heterocycles. The summed E-state index contributed by atoms with van der Waals surface area (Å²) in [5, 5.41) is 13.9. The van der Waals surface area contributed by atoms with Gasteiger partial charge in [-0.2, -0.15) is 10.4 Å². The predicted molar refractivity (Wildman–Crippen MR) is 88.2 cm³/mol. The maximum Gasteiger partial charge on any atom is 0.252 e. The number of nitriles is 1. The van der Waals surface area contributed by atoms with Crippen LogP contribution in [0.4, 0.5) is 0 Å². The third-order valence-electron chi connectivity index (χ3n) is 4.59. The molecule has 6 heteroatoms. The normalized spacial score (nSPS) is 16.5. The maximum atomic E-state index is 11.8. The van der Waals surface area contributed by atoms with Crippen molar-refractivity contribution in [3.05, 3.63) is 53.3 Å². The Hall–Kier alpha value is -2.65. The molecule has 0 atom stereocenters. The lowest BCUT2D eigenvalue weighted by Crippen LogP contribution is -2.39. The van der Waals surface area contributed by atoms with Crippen LogP contribution in [-0.4, -0.2) is 28.9 Å². The van der Waals surface area contributed by atoms with Crippen molar-refractivity contribution in [3.63, 3.8) is 0 Å². The van der Waals surface area contributed by atoms with Gasteiger partial charge in [-0.05, 0) is 18.4 Å². The van der Waals surface area contributed by atoms with Crippen LogP contribution in [0.1, 0.15) is 40.9 Å². The molecule has 1 aromatic heterocycles. The lowest BCUT2D eigenvalue weighted by molar-refractivity contribution is 0.0170. The second kappa shape index (κ2) is 6.85. The summed E-state index contributed by atoms with van der Waals surface area (Å²) in [6.07, 6.45) is 3.96. The zero-order chi connectivity index (χ0) is 17.0. The lowest BCUT2D eigenvalue weighted by atomic mass is 9.87. The van der Waals surface area contributed by atoms with Crippen molar-refractivity contribution in [1.29, 1.82) is 5.26 Å². The molecule has 0 unspecified atom stereocenters. The number of hydrogen-bond donors (Lipinski definition) is 1. The van der Waals surface area contributed by atoms with Crippen LogP contribution >= 0.6 is 0 Å². The Balaban J connectivity index is 1.98. The van der Waals surface area contributed by atoms with Gasteiger partial charge in [-0.1, -0.05) is 30.3 Å². The topological polar surface area (TPSA) is 93.9 Å². The summed E-state index contributed by atoms with van der Waals surface area (Å²) in [6.45, 7) is 1.17. The van der Waals surface area contributed by atoms with Crippen LogP contribution in [-0.2, 0) is 16.7 Å². The van der Waals surface area contributed by atoms with E-state index in [2.05, 4.69) is 11.2 Å². The highest BCUT2D eigenvalue weighted by Gasteiger charge is 2.36. The molecule has 6 nitrogen and oxygen atoms in total. The zero-order valence-electron chi connectivity index (χ0n) is 13.4. The largest absolute Gasteiger partial charge is 0.381 e. The van der Waals surface area contributed by atoms with Crippen LogP contribution < -0.4 is 5.73 Å². The second-order valence-electron chi connectivity index (χ2n) is 6.13. The Morgan fingerprint density at radius 2 is 2.04 bits per heavy atom. The molecule has 24 heavy (non-hydrogen) atoms. The van der Waals surface area contributed by atoms with Crippen LogP contribution in [0.2, 0.25) is 0 Å². The number of amides is 1. The second-order valence-corrected chi connectivity index (χ2v) is 6.13. The minimum atomic E-state index is -0.494. The molecule has 1 aliphatic heterocycles. The standard InChI is InChI=1S/C18H20N4O2/c19-9-6-18(7-10-24-11-8-18)22-13-15(17(20)23)16(21-22)12-14-4-2-1-3-5-14/h1-5,13H,6-8,10-12H2,(H2,20,23). The fourth-order valence-corrected chi connectivity index (χ4v) is 3.16. The molecule has 1 fully saturated rings. The lowest BCUT2D eigenvalue weighted by Gasteiger charge is -2.35. The van der Waals surface area contributed by atoms with E-state index in [-0.39, 0.29) is 0 Å². The molecule has 3 rings (SSSR count). The summed E-state index contributed by atoms with van der Waals surface area (Å²) in [5.74, 6) is -0.494. The molecule has 0 bridgehead atoms. The van der Waals surface area contributed by atoms with E-state index in [9.17, 15) is 10.1 Å². The highest BCUT2D eigenvalue weighted by molar-refractivity contribution is 5.93. The molecule has 2 N–H and O–H groups in total. The van der Waals surface area contributed by atoms with Gasteiger partial charge in [0.25, 0.3) is 5.91 Å². The number of nitrogens with zero attached hydrogens (tertiary/aromatic N) is 3. The van der Waals surface area contributed by atoms with E-state index < -0.39 is 11.4 Å². The fourth-order valence-electron chi connectivity index (χ4n) is 3.16. The Morgan fingerprint density at radius 1 is 1.33 bits per heavy atom. The first-order valence-electron chi connectivity index (χ1n) is 8.02. The summed E-state index contributed by atoms with van der Waals surface area (Å²) in [6, 6.07) is 12.1. The number of nitrogens with two attached hydrogens (primary N) is 1. The SMILES string of the molecule is N#CCC1(n2cc(C(N)=O)c(Cc3ccccc3)n2)CCOCC1. The third-order valence-corrected chi connectivity index (χ3v) is 4.59. The molecule has 0 radical (unpaired) electrons. The molecule has 0 saturated carbocycles. The smallest absolute Gasteiger partial charge is 0.252 e. The van der Waals surface area contributed by atoms with E-state index >= 15 is 0 Å². The maximum absolute atomic E-state index is 11.8. The Morgan fingerprint density at radius 3 is 2.67 bits per heavy atom. The van der Waals surface area contributed by atoms with Crippen molar-refractivity contribution in [2.24, 2.45) is 5.73 Å². The highest BCUT2D eigenvalue weighted by Crippen LogP contribution is 2.33. The molecule has 0 spiro atoms. The average molecular weight is 324 g/mol. The number of aromatic nitrogens is 2. The van der Waals surface area contributed by atoms with Crippen LogP contribution in [0.25, 0.3) is 0 Å². The van der Waals surface area contributed by atoms with Crippen molar-refractivity contribution in [1.82, 2.24) is 9.78 Å². The number of carbonyl (C=O) groups excluding carboxylic acids is 1. The number of carbonyl (C=O) groups is 1. The van der Waals surface area contributed by atoms with Gasteiger partial charge in [-0.3, -0.25) is 9.48 Å². The van der Waals surface area contributed by atoms with Crippen molar-refractivity contribution in [2.45, 2.75) is 31.2 Å². The third kappa shape index (κ3) is 3.17. The summed E-state index contributed by atoms with van der Waals surface area (Å²) >= 11 is 0. The van der Waals surface area contributed by atoms with Gasteiger partial charge < -0.3 is 10.5 Å². The van der Waals surface area contributed by atoms with Gasteiger partial charge in [0.2, 0.25) is 0 Å². The van der Waals surface area contributed by atoms with Crippen molar-refractivity contribution >= 4 is 5.91 Å². The molecule has 1 aromatic carbocycles. The highest BCUT2D eigenvalue weighted by atomic mass is 16.5. The van der Waals surface area contributed by atoms with Gasteiger partial charge >= 0.3 is 0 Å². The Labute approximate surface area is 140 Å². The van der Waals surface area contributed by atoms with Crippen molar-refractivity contribution < 1.29 is 9.53 Å². The van der Waals surface area contributed by atoms with Crippen LogP contribution in [0.5, 0.6) is 0 Å². The van der Waals surface area contributed by atoms with Gasteiger partial charge in [0.1, 0.15) is 0 Å². The van der Waals surface area contributed by atoms with E-state index in [4.69, 9.17) is 10.5 Å².